The standard InChI is InChI=1S/C16H17ClN2O3S/c17-14-7-5-13(6-8-14)12-18-9-3-4-15(16(18)20)23(21,22)19-10-1-2-11-19/h3-9H,1-2,10-12H2. The van der Waals surface area contributed by atoms with Crippen molar-refractivity contribution in [1.29, 1.82) is 0 Å². The average molecular weight is 353 g/mol. The molecule has 0 unspecified atom stereocenters. The maximum absolute atomic E-state index is 12.6. The molecule has 1 aliphatic heterocycles. The molecule has 0 aliphatic carbocycles. The summed E-state index contributed by atoms with van der Waals surface area (Å²) in [5.41, 5.74) is 0.390. The summed E-state index contributed by atoms with van der Waals surface area (Å²) < 4.78 is 28.0. The van der Waals surface area contributed by atoms with E-state index in [2.05, 4.69) is 0 Å². The van der Waals surface area contributed by atoms with Crippen molar-refractivity contribution in [3.63, 3.8) is 0 Å². The predicted molar refractivity (Wildman–Crippen MR) is 89.2 cm³/mol. The number of rotatable bonds is 4. The molecule has 2 heterocycles. The summed E-state index contributed by atoms with van der Waals surface area (Å²) in [6.07, 6.45) is 3.27. The largest absolute Gasteiger partial charge is 0.310 e. The van der Waals surface area contributed by atoms with Crippen molar-refractivity contribution in [3.8, 4) is 0 Å². The molecule has 1 aromatic heterocycles. The molecule has 1 aliphatic rings. The Kier molecular flexibility index (Phi) is 4.57. The van der Waals surface area contributed by atoms with E-state index in [1.165, 1.54) is 14.9 Å². The molecule has 5 nitrogen and oxygen atoms in total. The van der Waals surface area contributed by atoms with E-state index >= 15 is 0 Å². The lowest BCUT2D eigenvalue weighted by molar-refractivity contribution is 0.475. The van der Waals surface area contributed by atoms with Gasteiger partial charge in [-0.15, -0.1) is 0 Å². The first kappa shape index (κ1) is 16.2. The van der Waals surface area contributed by atoms with E-state index in [4.69, 9.17) is 11.6 Å². The molecule has 1 fully saturated rings. The quantitative estimate of drug-likeness (QED) is 0.848. The zero-order chi connectivity index (χ0) is 16.4. The third-order valence-electron chi connectivity index (χ3n) is 3.93. The summed E-state index contributed by atoms with van der Waals surface area (Å²) in [5, 5.41) is 0.617. The van der Waals surface area contributed by atoms with Gasteiger partial charge < -0.3 is 4.57 Å². The summed E-state index contributed by atoms with van der Waals surface area (Å²) in [7, 11) is -3.71. The van der Waals surface area contributed by atoms with Crippen LogP contribution in [0.5, 0.6) is 0 Å². The van der Waals surface area contributed by atoms with Gasteiger partial charge in [0.05, 0.1) is 6.54 Å². The smallest absolute Gasteiger partial charge is 0.271 e. The van der Waals surface area contributed by atoms with Gasteiger partial charge in [-0.1, -0.05) is 23.7 Å². The SMILES string of the molecule is O=c1c(S(=O)(=O)N2CCCC2)cccn1Cc1ccc(Cl)cc1. The van der Waals surface area contributed by atoms with Gasteiger partial charge in [-0.2, -0.15) is 4.31 Å². The number of sulfonamides is 1. The van der Waals surface area contributed by atoms with Crippen LogP contribution in [0.3, 0.4) is 0 Å². The lowest BCUT2D eigenvalue weighted by Gasteiger charge is -2.16. The zero-order valence-corrected chi connectivity index (χ0v) is 14.1. The van der Waals surface area contributed by atoms with E-state index in [1.54, 1.807) is 24.4 Å². The molecular formula is C16H17ClN2O3S. The highest BCUT2D eigenvalue weighted by Crippen LogP contribution is 2.18. The first-order valence-corrected chi connectivity index (χ1v) is 9.24. The van der Waals surface area contributed by atoms with Crippen LogP contribution in [0.4, 0.5) is 0 Å². The maximum Gasteiger partial charge on any atom is 0.271 e. The highest BCUT2D eigenvalue weighted by molar-refractivity contribution is 7.89. The second-order valence-electron chi connectivity index (χ2n) is 5.54. The third kappa shape index (κ3) is 3.34. The van der Waals surface area contributed by atoms with Gasteiger partial charge in [0.25, 0.3) is 5.56 Å². The fourth-order valence-electron chi connectivity index (χ4n) is 2.69. The lowest BCUT2D eigenvalue weighted by atomic mass is 10.2. The number of aromatic nitrogens is 1. The van der Waals surface area contributed by atoms with Gasteiger partial charge in [0.15, 0.2) is 0 Å². The van der Waals surface area contributed by atoms with Crippen molar-refractivity contribution in [2.45, 2.75) is 24.3 Å². The van der Waals surface area contributed by atoms with Gasteiger partial charge in [0.1, 0.15) is 4.90 Å². The molecule has 0 atom stereocenters. The van der Waals surface area contributed by atoms with E-state index in [0.29, 0.717) is 24.7 Å². The van der Waals surface area contributed by atoms with Crippen molar-refractivity contribution in [2.75, 3.05) is 13.1 Å². The first-order chi connectivity index (χ1) is 11.0. The summed E-state index contributed by atoms with van der Waals surface area (Å²) in [5.74, 6) is 0. The van der Waals surface area contributed by atoms with Crippen LogP contribution in [0.15, 0.2) is 52.3 Å². The van der Waals surface area contributed by atoms with E-state index in [9.17, 15) is 13.2 Å². The fourth-order valence-corrected chi connectivity index (χ4v) is 4.42. The monoisotopic (exact) mass is 352 g/mol. The van der Waals surface area contributed by atoms with Crippen LogP contribution >= 0.6 is 11.6 Å². The Morgan fingerprint density at radius 3 is 2.35 bits per heavy atom. The molecule has 122 valence electrons. The number of hydrogen-bond donors (Lipinski definition) is 0. The summed E-state index contributed by atoms with van der Waals surface area (Å²) in [4.78, 5) is 12.4. The highest BCUT2D eigenvalue weighted by atomic mass is 35.5. The molecule has 0 amide bonds. The van der Waals surface area contributed by atoms with Gasteiger partial charge in [-0.05, 0) is 42.7 Å². The van der Waals surface area contributed by atoms with E-state index in [-0.39, 0.29) is 4.90 Å². The minimum atomic E-state index is -3.71. The number of halogens is 1. The van der Waals surface area contributed by atoms with Gasteiger partial charge in [0, 0.05) is 24.3 Å². The Labute approximate surface area is 140 Å². The van der Waals surface area contributed by atoms with Gasteiger partial charge >= 0.3 is 0 Å². The van der Waals surface area contributed by atoms with E-state index in [1.807, 2.05) is 12.1 Å². The maximum atomic E-state index is 12.6. The Balaban J connectivity index is 1.95. The minimum Gasteiger partial charge on any atom is -0.310 e. The van der Waals surface area contributed by atoms with Gasteiger partial charge in [0.2, 0.25) is 10.0 Å². The van der Waals surface area contributed by atoms with E-state index < -0.39 is 15.6 Å². The Hall–Kier alpha value is -1.63. The number of hydrogen-bond acceptors (Lipinski definition) is 3. The van der Waals surface area contributed by atoms with Crippen LogP contribution in [-0.4, -0.2) is 30.4 Å². The molecule has 0 spiro atoms. The topological polar surface area (TPSA) is 59.4 Å². The van der Waals surface area contributed by atoms with Crippen molar-refractivity contribution in [1.82, 2.24) is 8.87 Å². The highest BCUT2D eigenvalue weighted by Gasteiger charge is 2.29. The average Bonchev–Trinajstić information content (AvgIpc) is 3.06. The molecule has 0 bridgehead atoms. The molecule has 0 N–H and O–H groups in total. The molecule has 0 saturated carbocycles. The molecule has 1 aromatic carbocycles. The van der Waals surface area contributed by atoms with E-state index in [0.717, 1.165) is 18.4 Å². The predicted octanol–water partition coefficient (Wildman–Crippen LogP) is 2.33. The lowest BCUT2D eigenvalue weighted by Crippen LogP contribution is -2.34. The molecule has 3 rings (SSSR count). The molecule has 2 aromatic rings. The zero-order valence-electron chi connectivity index (χ0n) is 12.5. The Morgan fingerprint density at radius 1 is 1.04 bits per heavy atom. The first-order valence-electron chi connectivity index (χ1n) is 7.42. The van der Waals surface area contributed by atoms with Crippen LogP contribution in [0.25, 0.3) is 0 Å². The third-order valence-corrected chi connectivity index (χ3v) is 6.10. The second-order valence-corrected chi connectivity index (χ2v) is 7.89. The normalized spacial score (nSPS) is 15.9. The Bertz CT molecular complexity index is 854. The summed E-state index contributed by atoms with van der Waals surface area (Å²) in [6, 6.07) is 10.1. The molecule has 7 heteroatoms. The van der Waals surface area contributed by atoms with Crippen LogP contribution in [0.1, 0.15) is 18.4 Å². The fraction of sp³-hybridized carbons (Fsp3) is 0.312. The second kappa shape index (κ2) is 6.47. The molecular weight excluding hydrogens is 336 g/mol. The van der Waals surface area contributed by atoms with Crippen LogP contribution in [0, 0.1) is 0 Å². The van der Waals surface area contributed by atoms with Gasteiger partial charge in [-0.25, -0.2) is 8.42 Å². The summed E-state index contributed by atoms with van der Waals surface area (Å²) in [6.45, 7) is 1.26. The Morgan fingerprint density at radius 2 is 1.70 bits per heavy atom. The van der Waals surface area contributed by atoms with Crippen molar-refractivity contribution in [3.05, 3.63) is 63.5 Å². The number of nitrogens with zero attached hydrogens (tertiary/aromatic N) is 2. The van der Waals surface area contributed by atoms with Crippen molar-refractivity contribution >= 4 is 21.6 Å². The van der Waals surface area contributed by atoms with Gasteiger partial charge in [-0.3, -0.25) is 4.79 Å². The number of pyridine rings is 1. The van der Waals surface area contributed by atoms with Crippen LogP contribution in [0.2, 0.25) is 5.02 Å². The molecule has 1 saturated heterocycles. The van der Waals surface area contributed by atoms with Crippen LogP contribution < -0.4 is 5.56 Å². The minimum absolute atomic E-state index is 0.157. The van der Waals surface area contributed by atoms with Crippen molar-refractivity contribution in [2.24, 2.45) is 0 Å². The molecule has 23 heavy (non-hydrogen) atoms. The van der Waals surface area contributed by atoms with Crippen molar-refractivity contribution < 1.29 is 8.42 Å². The molecule has 0 radical (unpaired) electrons. The number of benzene rings is 1. The summed E-state index contributed by atoms with van der Waals surface area (Å²) >= 11 is 5.85. The van der Waals surface area contributed by atoms with Crippen LogP contribution in [-0.2, 0) is 16.6 Å².